The molecule has 2 unspecified atom stereocenters. The van der Waals surface area contributed by atoms with Gasteiger partial charge in [-0.3, -0.25) is 13.8 Å². The summed E-state index contributed by atoms with van der Waals surface area (Å²) in [7, 11) is 1.64. The first-order valence-corrected chi connectivity index (χ1v) is 26.3. The van der Waals surface area contributed by atoms with Crippen LogP contribution in [0.1, 0.15) is 187 Å². The van der Waals surface area contributed by atoms with Crippen LogP contribution in [-0.2, 0) is 27.9 Å². The molecule has 1 N–H and O–H groups in total. The molecule has 0 heterocycles. The van der Waals surface area contributed by atoms with Gasteiger partial charge in [0.25, 0.3) is 0 Å². The van der Waals surface area contributed by atoms with E-state index in [9.17, 15) is 14.3 Å². The van der Waals surface area contributed by atoms with E-state index in [0.29, 0.717) is 24.1 Å². The second-order valence-electron chi connectivity index (χ2n) is 17.5. The van der Waals surface area contributed by atoms with E-state index in [1.165, 1.54) is 83.5 Å². The standard InChI is InChI=1S/C53H94NO7P/c1-6-8-10-12-14-16-18-20-22-23-24-25-26-27-28-29-30-31-32-34-36-38-40-42-44-46-53(55)61-52(51-60-62(56,57)59-49-47-54(3,4)5)50-58-48-45-43-41-39-37-35-33-21-19-17-15-13-11-9-7-2/h8,10,13-16,19-22,24-25,27-28,52H,6-7,9,11-12,17-18,23,26,29-51H2,1-5H3/p+1/b10-8-,15-13-,16-14-,21-19-,22-20-,25-24-,28-27-. The van der Waals surface area contributed by atoms with Gasteiger partial charge in [0.05, 0.1) is 34.4 Å². The minimum Gasteiger partial charge on any atom is -0.457 e. The lowest BCUT2D eigenvalue weighted by Crippen LogP contribution is -2.37. The first-order valence-electron chi connectivity index (χ1n) is 24.8. The van der Waals surface area contributed by atoms with Gasteiger partial charge in [-0.2, -0.15) is 0 Å². The van der Waals surface area contributed by atoms with Crippen molar-refractivity contribution in [2.24, 2.45) is 0 Å². The number of likely N-dealkylation sites (N-methyl/N-ethyl adjacent to an activating group) is 1. The third-order valence-corrected chi connectivity index (χ3v) is 11.2. The molecule has 9 heteroatoms. The molecule has 0 bridgehead atoms. The monoisotopic (exact) mass is 889 g/mol. The number of hydrogen-bond acceptors (Lipinski definition) is 6. The molecule has 0 aromatic carbocycles. The average Bonchev–Trinajstić information content (AvgIpc) is 3.23. The minimum atomic E-state index is -4.29. The predicted molar refractivity (Wildman–Crippen MR) is 265 cm³/mol. The van der Waals surface area contributed by atoms with Gasteiger partial charge in [-0.25, -0.2) is 4.57 Å². The summed E-state index contributed by atoms with van der Waals surface area (Å²) in [5.74, 6) is -0.327. The van der Waals surface area contributed by atoms with E-state index in [0.717, 1.165) is 83.5 Å². The minimum absolute atomic E-state index is 0.0809. The Balaban J connectivity index is 4.18. The summed E-state index contributed by atoms with van der Waals surface area (Å²) in [5, 5.41) is 0. The largest absolute Gasteiger partial charge is 0.472 e. The number of ether oxygens (including phenoxy) is 2. The molecule has 0 spiro atoms. The van der Waals surface area contributed by atoms with Crippen LogP contribution in [0.4, 0.5) is 0 Å². The Bertz CT molecular complexity index is 1260. The fourth-order valence-electron chi connectivity index (χ4n) is 6.36. The highest BCUT2D eigenvalue weighted by molar-refractivity contribution is 7.47. The topological polar surface area (TPSA) is 91.3 Å². The van der Waals surface area contributed by atoms with E-state index in [4.69, 9.17) is 18.5 Å². The van der Waals surface area contributed by atoms with Gasteiger partial charge < -0.3 is 18.9 Å². The van der Waals surface area contributed by atoms with E-state index >= 15 is 0 Å². The molecule has 0 radical (unpaired) electrons. The van der Waals surface area contributed by atoms with Crippen molar-refractivity contribution in [2.75, 3.05) is 54.1 Å². The molecule has 2 atom stereocenters. The summed E-state index contributed by atoms with van der Waals surface area (Å²) in [5.41, 5.74) is 0. The maximum Gasteiger partial charge on any atom is 0.472 e. The average molecular weight is 889 g/mol. The highest BCUT2D eigenvalue weighted by Gasteiger charge is 2.26. The molecule has 0 saturated heterocycles. The number of phosphoric acid groups is 1. The first-order chi connectivity index (χ1) is 30.1. The lowest BCUT2D eigenvalue weighted by molar-refractivity contribution is -0.870. The number of rotatable bonds is 45. The van der Waals surface area contributed by atoms with Crippen molar-refractivity contribution < 1.29 is 37.3 Å². The second-order valence-corrected chi connectivity index (χ2v) is 18.9. The molecule has 8 nitrogen and oxygen atoms in total. The summed E-state index contributed by atoms with van der Waals surface area (Å²) < 4.78 is 35.1. The maximum atomic E-state index is 12.8. The van der Waals surface area contributed by atoms with Crippen molar-refractivity contribution in [1.29, 1.82) is 0 Å². The van der Waals surface area contributed by atoms with Gasteiger partial charge in [-0.05, 0) is 83.5 Å². The zero-order chi connectivity index (χ0) is 45.5. The van der Waals surface area contributed by atoms with E-state index in [2.05, 4.69) is 98.9 Å². The normalized spacial score (nSPS) is 14.4. The van der Waals surface area contributed by atoms with Crippen molar-refractivity contribution in [2.45, 2.75) is 193 Å². The SMILES string of the molecule is CC/C=C\C/C=C\C/C=C\C/C=C\C/C=C\CCCCCCCCCCCC(=O)OC(COCCCCCCCC/C=C\C/C=C\CCCC)COP(=O)(O)OCC[N+](C)(C)C. The number of hydrogen-bond donors (Lipinski definition) is 1. The molecule has 0 aromatic rings. The van der Waals surface area contributed by atoms with Crippen LogP contribution in [0, 0.1) is 0 Å². The van der Waals surface area contributed by atoms with Crippen LogP contribution in [0.3, 0.4) is 0 Å². The fourth-order valence-corrected chi connectivity index (χ4v) is 7.10. The summed E-state index contributed by atoms with van der Waals surface area (Å²) >= 11 is 0. The van der Waals surface area contributed by atoms with Crippen LogP contribution in [0.5, 0.6) is 0 Å². The molecule has 0 aromatic heterocycles. The zero-order valence-corrected chi connectivity index (χ0v) is 41.5. The fraction of sp³-hybridized carbons (Fsp3) is 0.717. The number of phosphoric ester groups is 1. The van der Waals surface area contributed by atoms with Crippen molar-refractivity contribution in [3.8, 4) is 0 Å². The van der Waals surface area contributed by atoms with Crippen LogP contribution in [0.15, 0.2) is 85.1 Å². The van der Waals surface area contributed by atoms with Gasteiger partial charge in [-0.1, -0.05) is 182 Å². The number of nitrogens with zero attached hydrogens (tertiary/aromatic N) is 1. The summed E-state index contributed by atoms with van der Waals surface area (Å²) in [4.78, 5) is 23.0. The number of esters is 1. The lowest BCUT2D eigenvalue weighted by Gasteiger charge is -2.24. The van der Waals surface area contributed by atoms with Gasteiger partial charge in [0.1, 0.15) is 19.3 Å². The number of allylic oxidation sites excluding steroid dienone is 14. The molecule has 62 heavy (non-hydrogen) atoms. The van der Waals surface area contributed by atoms with Crippen molar-refractivity contribution in [1.82, 2.24) is 0 Å². The Kier molecular flexibility index (Phi) is 43.6. The molecule has 0 fully saturated rings. The maximum absolute atomic E-state index is 12.8. The van der Waals surface area contributed by atoms with Gasteiger partial charge in [0.15, 0.2) is 0 Å². The Morgan fingerprint density at radius 3 is 1.40 bits per heavy atom. The Hall–Kier alpha value is -2.32. The Morgan fingerprint density at radius 1 is 0.516 bits per heavy atom. The van der Waals surface area contributed by atoms with Gasteiger partial charge in [-0.15, -0.1) is 0 Å². The van der Waals surface area contributed by atoms with E-state index in [1.807, 2.05) is 21.1 Å². The molecular formula is C53H95NO7P+. The van der Waals surface area contributed by atoms with Crippen LogP contribution < -0.4 is 0 Å². The smallest absolute Gasteiger partial charge is 0.457 e. The van der Waals surface area contributed by atoms with E-state index in [1.54, 1.807) is 0 Å². The Morgan fingerprint density at radius 2 is 0.935 bits per heavy atom. The van der Waals surface area contributed by atoms with E-state index in [-0.39, 0.29) is 25.8 Å². The van der Waals surface area contributed by atoms with Crippen LogP contribution in [0.2, 0.25) is 0 Å². The molecular weight excluding hydrogens is 794 g/mol. The van der Waals surface area contributed by atoms with Crippen molar-refractivity contribution in [3.63, 3.8) is 0 Å². The van der Waals surface area contributed by atoms with Gasteiger partial charge >= 0.3 is 13.8 Å². The molecule has 0 amide bonds. The molecule has 0 aliphatic heterocycles. The molecule has 0 saturated carbocycles. The number of carbonyl (C=O) groups is 1. The predicted octanol–water partition coefficient (Wildman–Crippen LogP) is 15.2. The van der Waals surface area contributed by atoms with Crippen molar-refractivity contribution >= 4 is 13.8 Å². The highest BCUT2D eigenvalue weighted by atomic mass is 31.2. The van der Waals surface area contributed by atoms with Crippen molar-refractivity contribution in [3.05, 3.63) is 85.1 Å². The number of unbranched alkanes of at least 4 members (excludes halogenated alkanes) is 17. The van der Waals surface area contributed by atoms with Crippen LogP contribution in [0.25, 0.3) is 0 Å². The van der Waals surface area contributed by atoms with E-state index < -0.39 is 13.9 Å². The summed E-state index contributed by atoms with van der Waals surface area (Å²) in [6.07, 6.45) is 60.5. The summed E-state index contributed by atoms with van der Waals surface area (Å²) in [6, 6.07) is 0. The van der Waals surface area contributed by atoms with Crippen LogP contribution in [-0.4, -0.2) is 75.6 Å². The number of quaternary nitrogens is 1. The molecule has 0 rings (SSSR count). The van der Waals surface area contributed by atoms with Gasteiger partial charge in [0, 0.05) is 13.0 Å². The first kappa shape index (κ1) is 59.7. The summed E-state index contributed by atoms with van der Waals surface area (Å²) in [6.45, 7) is 5.43. The lowest BCUT2D eigenvalue weighted by atomic mass is 10.1. The van der Waals surface area contributed by atoms with Gasteiger partial charge in [0.2, 0.25) is 0 Å². The Labute approximate surface area is 382 Å². The zero-order valence-electron chi connectivity index (χ0n) is 40.6. The molecule has 0 aliphatic carbocycles. The molecule has 0 aliphatic rings. The third kappa shape index (κ3) is 48.7. The highest BCUT2D eigenvalue weighted by Crippen LogP contribution is 2.43. The quantitative estimate of drug-likeness (QED) is 0.0214. The third-order valence-electron chi connectivity index (χ3n) is 10.2. The second kappa shape index (κ2) is 45.3. The number of carbonyl (C=O) groups excluding carboxylic acids is 1. The van der Waals surface area contributed by atoms with Crippen LogP contribution >= 0.6 is 7.82 Å². The molecule has 358 valence electrons.